The third kappa shape index (κ3) is 2.84. The molecule has 0 amide bonds. The average Bonchev–Trinajstić information content (AvgIpc) is 2.67. The van der Waals surface area contributed by atoms with Gasteiger partial charge in [0.25, 0.3) is 0 Å². The van der Waals surface area contributed by atoms with Gasteiger partial charge in [-0.3, -0.25) is 4.79 Å². The molecule has 0 atom stereocenters. The second kappa shape index (κ2) is 5.14. The molecule has 1 aromatic heterocycles. The van der Waals surface area contributed by atoms with Gasteiger partial charge in [-0.15, -0.1) is 11.8 Å². The molecule has 0 fully saturated rings. The van der Waals surface area contributed by atoms with Crippen molar-refractivity contribution in [2.24, 2.45) is 0 Å². The molecule has 0 aliphatic rings. The van der Waals surface area contributed by atoms with Gasteiger partial charge in [-0.2, -0.15) is 0 Å². The topological polar surface area (TPSA) is 83.6 Å². The van der Waals surface area contributed by atoms with Crippen molar-refractivity contribution in [2.45, 2.75) is 0 Å². The van der Waals surface area contributed by atoms with Crippen LogP contribution in [0.2, 0.25) is 0 Å². The number of thioether (sulfide) groups is 1. The van der Waals surface area contributed by atoms with Crippen molar-refractivity contribution >= 4 is 41.2 Å². The van der Waals surface area contributed by atoms with E-state index in [4.69, 9.17) is 9.52 Å². The number of fused-ring (bicyclic) bond motifs is 1. The van der Waals surface area contributed by atoms with Gasteiger partial charge < -0.3 is 14.6 Å². The lowest BCUT2D eigenvalue weighted by molar-refractivity contribution is -0.133. The molecule has 5 nitrogen and oxygen atoms in total. The van der Waals surface area contributed by atoms with Crippen molar-refractivity contribution in [2.75, 3.05) is 11.5 Å². The number of nitrogens with zero attached hydrogens (tertiary/aromatic N) is 1. The van der Waals surface area contributed by atoms with Crippen molar-refractivity contribution in [1.82, 2.24) is 4.98 Å². The highest BCUT2D eigenvalue weighted by Gasteiger charge is 2.03. The molecular weight excluding hydrogens is 254 g/mol. The smallest absolute Gasteiger partial charge is 0.313 e. The molecule has 2 aromatic rings. The summed E-state index contributed by atoms with van der Waals surface area (Å²) in [5.41, 5.74) is 1.55. The Hall–Kier alpha value is -1.95. The number of aliphatic carboxylic acids is 1. The highest BCUT2D eigenvalue weighted by atomic mass is 32.2. The lowest BCUT2D eigenvalue weighted by Gasteiger charge is -1.98. The number of aromatic nitrogens is 1. The minimum absolute atomic E-state index is 0.0440. The summed E-state index contributed by atoms with van der Waals surface area (Å²) in [5.74, 6) is -0.591. The van der Waals surface area contributed by atoms with Crippen LogP contribution in [0.5, 0.6) is 0 Å². The SMILES string of the molecule is C=c1nc2cc/c(=C(/O)CSCC(=O)O)cc2o1. The zero-order valence-electron chi connectivity index (χ0n) is 9.42. The molecule has 0 aliphatic heterocycles. The highest BCUT2D eigenvalue weighted by molar-refractivity contribution is 8.00. The Kier molecular flexibility index (Phi) is 3.57. The molecule has 18 heavy (non-hydrogen) atoms. The van der Waals surface area contributed by atoms with Crippen molar-refractivity contribution in [3.63, 3.8) is 0 Å². The maximum Gasteiger partial charge on any atom is 0.313 e. The summed E-state index contributed by atoms with van der Waals surface area (Å²) < 4.78 is 5.25. The molecule has 0 bridgehead atoms. The lowest BCUT2D eigenvalue weighted by atomic mass is 10.2. The largest absolute Gasteiger partial charge is 0.511 e. The second-order valence-electron chi connectivity index (χ2n) is 3.62. The first-order valence-corrected chi connectivity index (χ1v) is 6.29. The van der Waals surface area contributed by atoms with E-state index in [1.807, 2.05) is 0 Å². The van der Waals surface area contributed by atoms with E-state index in [0.29, 0.717) is 21.9 Å². The van der Waals surface area contributed by atoms with Crippen LogP contribution < -0.4 is 10.8 Å². The number of carboxylic acids is 1. The Morgan fingerprint density at radius 1 is 1.39 bits per heavy atom. The van der Waals surface area contributed by atoms with Crippen LogP contribution in [0.1, 0.15) is 0 Å². The molecule has 2 rings (SSSR count). The maximum absolute atomic E-state index is 10.4. The van der Waals surface area contributed by atoms with Crippen molar-refractivity contribution in [3.05, 3.63) is 29.0 Å². The number of oxazole rings is 1. The molecule has 6 heteroatoms. The van der Waals surface area contributed by atoms with E-state index in [2.05, 4.69) is 11.6 Å². The van der Waals surface area contributed by atoms with Gasteiger partial charge in [-0.1, -0.05) is 0 Å². The summed E-state index contributed by atoms with van der Waals surface area (Å²) in [6.07, 6.45) is 0. The Morgan fingerprint density at radius 2 is 2.17 bits per heavy atom. The molecule has 0 saturated carbocycles. The van der Waals surface area contributed by atoms with E-state index in [-0.39, 0.29) is 17.3 Å². The van der Waals surface area contributed by atoms with E-state index in [1.165, 1.54) is 0 Å². The number of hydrogen-bond donors (Lipinski definition) is 2. The molecule has 1 aromatic carbocycles. The molecular formula is C12H11NO4S. The van der Waals surface area contributed by atoms with Gasteiger partial charge in [0.05, 0.1) is 11.5 Å². The van der Waals surface area contributed by atoms with E-state index in [9.17, 15) is 9.90 Å². The van der Waals surface area contributed by atoms with Gasteiger partial charge in [0.1, 0.15) is 11.3 Å². The number of aliphatic hydroxyl groups excluding tert-OH is 1. The summed E-state index contributed by atoms with van der Waals surface area (Å²) >= 11 is 1.13. The molecule has 94 valence electrons. The standard InChI is InChI=1S/C12H11NO4S/c1-7-13-9-3-2-8(4-11(9)17-7)10(14)5-18-6-12(15)16/h2-4,14H,1,5-6H2,(H,15,16)/b10-8-. The summed E-state index contributed by atoms with van der Waals surface area (Å²) in [5, 5.41) is 18.9. The van der Waals surface area contributed by atoms with Crippen LogP contribution in [0.3, 0.4) is 0 Å². The Bertz CT molecular complexity index is 692. The number of hydrogen-bond acceptors (Lipinski definition) is 5. The van der Waals surface area contributed by atoms with Gasteiger partial charge in [0, 0.05) is 5.22 Å². The van der Waals surface area contributed by atoms with E-state index >= 15 is 0 Å². The zero-order chi connectivity index (χ0) is 13.1. The second-order valence-corrected chi connectivity index (χ2v) is 4.61. The minimum atomic E-state index is -0.903. The Labute approximate surface area is 106 Å². The van der Waals surface area contributed by atoms with Gasteiger partial charge in [0.15, 0.2) is 5.58 Å². The molecule has 2 N–H and O–H groups in total. The molecule has 1 heterocycles. The molecule has 0 radical (unpaired) electrons. The monoisotopic (exact) mass is 265 g/mol. The van der Waals surface area contributed by atoms with Crippen LogP contribution in [0.4, 0.5) is 0 Å². The van der Waals surface area contributed by atoms with Gasteiger partial charge >= 0.3 is 5.97 Å². The van der Waals surface area contributed by atoms with Crippen molar-refractivity contribution < 1.29 is 19.4 Å². The van der Waals surface area contributed by atoms with Crippen LogP contribution in [-0.4, -0.2) is 32.7 Å². The number of benzene rings is 1. The van der Waals surface area contributed by atoms with Crippen LogP contribution >= 0.6 is 11.8 Å². The quantitative estimate of drug-likeness (QED) is 0.847. The normalized spacial score (nSPS) is 12.7. The van der Waals surface area contributed by atoms with Crippen LogP contribution in [0.15, 0.2) is 22.6 Å². The number of aliphatic hydroxyl groups is 1. The van der Waals surface area contributed by atoms with Gasteiger partial charge in [-0.25, -0.2) is 4.98 Å². The first kappa shape index (κ1) is 12.5. The molecule has 0 spiro atoms. The van der Waals surface area contributed by atoms with E-state index < -0.39 is 5.97 Å². The first-order valence-electron chi connectivity index (χ1n) is 5.13. The zero-order valence-corrected chi connectivity index (χ0v) is 10.2. The van der Waals surface area contributed by atoms with Crippen LogP contribution in [0.25, 0.3) is 23.4 Å². The summed E-state index contributed by atoms with van der Waals surface area (Å²) in [4.78, 5) is 14.4. The number of rotatable bonds is 4. The van der Waals surface area contributed by atoms with Gasteiger partial charge in [0.2, 0.25) is 5.55 Å². The fourth-order valence-electron chi connectivity index (χ4n) is 1.47. The van der Waals surface area contributed by atoms with E-state index in [0.717, 1.165) is 11.8 Å². The average molecular weight is 265 g/mol. The Morgan fingerprint density at radius 3 is 2.89 bits per heavy atom. The summed E-state index contributed by atoms with van der Waals surface area (Å²) in [6, 6.07) is 5.09. The number of carboxylic acid groups (broad SMARTS) is 1. The Balaban J connectivity index is 2.27. The molecule has 0 aliphatic carbocycles. The molecule has 0 saturated heterocycles. The number of carbonyl (C=O) groups is 1. The minimum Gasteiger partial charge on any atom is -0.511 e. The predicted molar refractivity (Wildman–Crippen MR) is 69.8 cm³/mol. The third-order valence-corrected chi connectivity index (χ3v) is 3.16. The summed E-state index contributed by atoms with van der Waals surface area (Å²) in [7, 11) is 0. The van der Waals surface area contributed by atoms with Crippen LogP contribution in [0, 0.1) is 0 Å². The fourth-order valence-corrected chi connectivity index (χ4v) is 2.11. The van der Waals surface area contributed by atoms with Gasteiger partial charge in [-0.05, 0) is 24.8 Å². The third-order valence-electron chi connectivity index (χ3n) is 2.23. The van der Waals surface area contributed by atoms with Crippen LogP contribution in [-0.2, 0) is 4.79 Å². The predicted octanol–water partition coefficient (Wildman–Crippen LogP) is 0.722. The maximum atomic E-state index is 10.4. The fraction of sp³-hybridized carbons (Fsp3) is 0.167. The van der Waals surface area contributed by atoms with E-state index in [1.54, 1.807) is 18.2 Å². The first-order chi connectivity index (χ1) is 8.56. The highest BCUT2D eigenvalue weighted by Crippen LogP contribution is 2.08. The lowest BCUT2D eigenvalue weighted by Crippen LogP contribution is -2.08. The van der Waals surface area contributed by atoms with Crippen molar-refractivity contribution in [3.8, 4) is 0 Å². The molecule has 0 unspecified atom stereocenters. The van der Waals surface area contributed by atoms with Crippen molar-refractivity contribution in [1.29, 1.82) is 0 Å². The summed E-state index contributed by atoms with van der Waals surface area (Å²) in [6.45, 7) is 3.58.